The van der Waals surface area contributed by atoms with Gasteiger partial charge in [0.15, 0.2) is 18.9 Å². The predicted octanol–water partition coefficient (Wildman–Crippen LogP) is 7.33. The second-order valence-corrected chi connectivity index (χ2v) is 23.9. The molecule has 3 aliphatic rings. The van der Waals surface area contributed by atoms with Crippen LogP contribution in [0, 0.1) is 0 Å². The SMILES string of the molecule is CCCCCCCCCC/C=C\CCCCCCCCCCCCCCCC(=O)NC(COC1OC(CO)C(OC2OC(CO)C(OC3OC(CO)C(O)C(O)C3O)C(O)C2O)C(O)C1O)C(O)CCCCCCCCCCCCCC. The maximum absolute atomic E-state index is 13.4. The molecule has 3 fully saturated rings. The maximum atomic E-state index is 13.4. The van der Waals surface area contributed by atoms with Crippen LogP contribution in [0.15, 0.2) is 12.2 Å². The highest BCUT2D eigenvalue weighted by Gasteiger charge is 2.53. The molecule has 3 rings (SSSR count). The minimum absolute atomic E-state index is 0.241. The minimum Gasteiger partial charge on any atom is -0.394 e. The summed E-state index contributed by atoms with van der Waals surface area (Å²) in [4.78, 5) is 13.4. The Balaban J connectivity index is 1.41. The van der Waals surface area contributed by atoms with Gasteiger partial charge in [-0.15, -0.1) is 0 Å². The average Bonchev–Trinajstić information content (AvgIpc) is 3.59. The topological polar surface area (TPSA) is 307 Å². The van der Waals surface area contributed by atoms with Crippen molar-refractivity contribution in [2.45, 2.75) is 356 Å². The van der Waals surface area contributed by atoms with E-state index < -0.39 is 124 Å². The molecule has 3 aliphatic heterocycles. The summed E-state index contributed by atoms with van der Waals surface area (Å²) >= 11 is 0. The number of amides is 1. The normalized spacial score (nSPS) is 29.6. The molecule has 17 atom stereocenters. The summed E-state index contributed by atoms with van der Waals surface area (Å²) in [7, 11) is 0. The third-order valence-electron chi connectivity index (χ3n) is 16.8. The van der Waals surface area contributed by atoms with Gasteiger partial charge in [0.25, 0.3) is 0 Å². The number of nitrogens with one attached hydrogen (secondary N) is 1. The predicted molar refractivity (Wildman–Crippen MR) is 314 cm³/mol. The fourth-order valence-corrected chi connectivity index (χ4v) is 11.4. The first-order chi connectivity index (χ1) is 39.8. The van der Waals surface area contributed by atoms with Crippen molar-refractivity contribution >= 4 is 5.91 Å². The lowest BCUT2D eigenvalue weighted by Crippen LogP contribution is -2.66. The molecule has 0 bridgehead atoms. The van der Waals surface area contributed by atoms with Crippen LogP contribution in [0.1, 0.15) is 251 Å². The largest absolute Gasteiger partial charge is 0.394 e. The lowest BCUT2D eigenvalue weighted by Gasteiger charge is -2.48. The van der Waals surface area contributed by atoms with E-state index in [0.29, 0.717) is 12.8 Å². The highest BCUT2D eigenvalue weighted by molar-refractivity contribution is 5.76. The molecule has 0 spiro atoms. The summed E-state index contributed by atoms with van der Waals surface area (Å²) in [5.41, 5.74) is 0. The lowest BCUT2D eigenvalue weighted by atomic mass is 9.96. The quantitative estimate of drug-likeness (QED) is 0.0210. The Morgan fingerprint density at radius 2 is 0.768 bits per heavy atom. The molecule has 17 unspecified atom stereocenters. The smallest absolute Gasteiger partial charge is 0.220 e. The maximum Gasteiger partial charge on any atom is 0.220 e. The van der Waals surface area contributed by atoms with Crippen LogP contribution in [-0.4, -0.2) is 193 Å². The number of ether oxygens (including phenoxy) is 6. The highest BCUT2D eigenvalue weighted by Crippen LogP contribution is 2.33. The Bertz CT molecular complexity index is 1550. The van der Waals surface area contributed by atoms with E-state index in [2.05, 4.69) is 31.3 Å². The van der Waals surface area contributed by atoms with Crippen LogP contribution >= 0.6 is 0 Å². The Hall–Kier alpha value is -1.47. The van der Waals surface area contributed by atoms with E-state index in [1.807, 2.05) is 0 Å². The van der Waals surface area contributed by atoms with Crippen molar-refractivity contribution in [3.05, 3.63) is 12.2 Å². The molecule has 82 heavy (non-hydrogen) atoms. The van der Waals surface area contributed by atoms with Gasteiger partial charge in [-0.2, -0.15) is 0 Å². The zero-order valence-corrected chi connectivity index (χ0v) is 50.7. The van der Waals surface area contributed by atoms with Crippen molar-refractivity contribution in [3.8, 4) is 0 Å². The molecule has 0 aliphatic carbocycles. The first kappa shape index (κ1) is 74.8. The Morgan fingerprint density at radius 3 is 1.18 bits per heavy atom. The highest BCUT2D eigenvalue weighted by atomic mass is 16.8. The Morgan fingerprint density at radius 1 is 0.427 bits per heavy atom. The number of aliphatic hydroxyl groups is 11. The van der Waals surface area contributed by atoms with Gasteiger partial charge in [0.2, 0.25) is 5.91 Å². The van der Waals surface area contributed by atoms with Crippen LogP contribution in [0.25, 0.3) is 0 Å². The molecule has 0 aromatic rings. The molecule has 3 heterocycles. The summed E-state index contributed by atoms with van der Waals surface area (Å²) in [6.45, 7) is 1.80. The van der Waals surface area contributed by atoms with Gasteiger partial charge in [0, 0.05) is 6.42 Å². The number of carbonyl (C=O) groups excluding carboxylic acids is 1. The molecular formula is C63H119NO18. The molecule has 12 N–H and O–H groups in total. The molecule has 0 aromatic carbocycles. The fourth-order valence-electron chi connectivity index (χ4n) is 11.4. The molecule has 19 heteroatoms. The van der Waals surface area contributed by atoms with Gasteiger partial charge in [0.1, 0.15) is 73.2 Å². The van der Waals surface area contributed by atoms with Gasteiger partial charge in [0.05, 0.1) is 38.6 Å². The monoisotopic (exact) mass is 1180 g/mol. The van der Waals surface area contributed by atoms with Crippen LogP contribution in [0.4, 0.5) is 0 Å². The third kappa shape index (κ3) is 29.5. The van der Waals surface area contributed by atoms with Crippen molar-refractivity contribution in [3.63, 3.8) is 0 Å². The Kier molecular flexibility index (Phi) is 42.5. The molecular weight excluding hydrogens is 1060 g/mol. The summed E-state index contributed by atoms with van der Waals surface area (Å²) in [6.07, 6.45) is 21.6. The first-order valence-corrected chi connectivity index (χ1v) is 32.9. The van der Waals surface area contributed by atoms with Gasteiger partial charge >= 0.3 is 0 Å². The summed E-state index contributed by atoms with van der Waals surface area (Å²) in [5, 5.41) is 120. The standard InChI is InChI=1S/C63H119NO18/c1-3-5-7-9-11-13-15-17-18-19-20-21-22-23-24-25-26-27-28-29-31-33-35-37-39-41-51(69)64-46(47(68)40-38-36-34-32-30-16-14-12-10-8-6-4-2)45-77-61-57(75)54(72)59(49(43-66)79-61)82-63-58(76)55(73)60(50(44-67)80-63)81-62-56(74)53(71)52(70)48(42-65)78-62/h19-20,46-50,52-63,65-68,70-76H,3-18,21-45H2,1-2H3,(H,64,69)/b20-19-. The molecule has 0 saturated carbocycles. The molecule has 0 radical (unpaired) electrons. The number of carbonyl (C=O) groups is 1. The van der Waals surface area contributed by atoms with Gasteiger partial charge in [-0.3, -0.25) is 4.79 Å². The summed E-state index contributed by atoms with van der Waals surface area (Å²) < 4.78 is 34.3. The first-order valence-electron chi connectivity index (χ1n) is 32.9. The van der Waals surface area contributed by atoms with E-state index in [9.17, 15) is 61.0 Å². The van der Waals surface area contributed by atoms with Gasteiger partial charge in [-0.25, -0.2) is 0 Å². The molecule has 1 amide bonds. The zero-order valence-electron chi connectivity index (χ0n) is 50.7. The van der Waals surface area contributed by atoms with Gasteiger partial charge in [-0.1, -0.05) is 219 Å². The second-order valence-electron chi connectivity index (χ2n) is 23.9. The summed E-state index contributed by atoms with van der Waals surface area (Å²) in [5.74, 6) is -0.241. The van der Waals surface area contributed by atoms with E-state index in [4.69, 9.17) is 28.4 Å². The van der Waals surface area contributed by atoms with Gasteiger partial charge < -0.3 is 89.9 Å². The fraction of sp³-hybridized carbons (Fsp3) is 0.952. The van der Waals surface area contributed by atoms with Crippen molar-refractivity contribution in [2.75, 3.05) is 26.4 Å². The molecule has 19 nitrogen and oxygen atoms in total. The molecule has 3 saturated heterocycles. The van der Waals surface area contributed by atoms with Crippen LogP contribution in [0.2, 0.25) is 0 Å². The molecule has 0 aromatic heterocycles. The third-order valence-corrected chi connectivity index (χ3v) is 16.8. The average molecular weight is 1180 g/mol. The van der Waals surface area contributed by atoms with Crippen LogP contribution in [-0.2, 0) is 33.2 Å². The van der Waals surface area contributed by atoms with Crippen LogP contribution < -0.4 is 5.32 Å². The summed E-state index contributed by atoms with van der Waals surface area (Å²) in [6, 6.07) is -0.883. The number of rotatable bonds is 50. The number of aliphatic hydroxyl groups excluding tert-OH is 11. The zero-order chi connectivity index (χ0) is 59.7. The van der Waals surface area contributed by atoms with E-state index in [-0.39, 0.29) is 18.9 Å². The van der Waals surface area contributed by atoms with E-state index in [1.165, 1.54) is 173 Å². The number of allylic oxidation sites excluding steroid dienone is 2. The van der Waals surface area contributed by atoms with Crippen LogP contribution in [0.5, 0.6) is 0 Å². The second kappa shape index (κ2) is 46.7. The van der Waals surface area contributed by atoms with Crippen LogP contribution in [0.3, 0.4) is 0 Å². The van der Waals surface area contributed by atoms with E-state index in [0.717, 1.165) is 44.9 Å². The number of unbranched alkanes of at least 4 members (excludes halogenated alkanes) is 32. The molecule has 484 valence electrons. The van der Waals surface area contributed by atoms with Crippen molar-refractivity contribution in [1.29, 1.82) is 0 Å². The number of hydrogen-bond donors (Lipinski definition) is 12. The van der Waals surface area contributed by atoms with E-state index >= 15 is 0 Å². The van der Waals surface area contributed by atoms with Crippen molar-refractivity contribution in [1.82, 2.24) is 5.32 Å². The van der Waals surface area contributed by atoms with Crippen molar-refractivity contribution in [2.24, 2.45) is 0 Å². The van der Waals surface area contributed by atoms with Crippen molar-refractivity contribution < 1.29 is 89.4 Å². The number of hydrogen-bond acceptors (Lipinski definition) is 18. The minimum atomic E-state index is -1.97. The van der Waals surface area contributed by atoms with E-state index in [1.54, 1.807) is 0 Å². The van der Waals surface area contributed by atoms with Gasteiger partial charge in [-0.05, 0) is 38.5 Å². The lowest BCUT2D eigenvalue weighted by molar-refractivity contribution is -0.379. The Labute approximate surface area is 493 Å².